The third-order valence-corrected chi connectivity index (χ3v) is 4.90. The summed E-state index contributed by atoms with van der Waals surface area (Å²) in [4.78, 5) is 12.1. The molecule has 0 unspecified atom stereocenters. The van der Waals surface area contributed by atoms with Crippen LogP contribution < -0.4 is 5.32 Å². The highest BCUT2D eigenvalue weighted by molar-refractivity contribution is 5.78. The molecule has 3 nitrogen and oxygen atoms in total. The van der Waals surface area contributed by atoms with E-state index in [1.54, 1.807) is 12.1 Å². The van der Waals surface area contributed by atoms with E-state index in [-0.39, 0.29) is 35.9 Å². The maximum absolute atomic E-state index is 13.5. The zero-order chi connectivity index (χ0) is 15.7. The molecule has 3 rings (SSSR count). The van der Waals surface area contributed by atoms with Crippen molar-refractivity contribution in [1.82, 2.24) is 5.32 Å². The van der Waals surface area contributed by atoms with Crippen LogP contribution in [0, 0.1) is 17.7 Å². The lowest BCUT2D eigenvalue weighted by molar-refractivity contribution is -0.129. The zero-order valence-corrected chi connectivity index (χ0v) is 13.2. The molecule has 1 N–H and O–H groups in total. The number of halogens is 1. The number of ether oxygens (including phenoxy) is 1. The second-order valence-corrected chi connectivity index (χ2v) is 6.82. The van der Waals surface area contributed by atoms with E-state index < -0.39 is 0 Å². The molecule has 1 saturated heterocycles. The van der Waals surface area contributed by atoms with E-state index in [0.29, 0.717) is 5.92 Å². The first-order chi connectivity index (χ1) is 10.5. The molecule has 0 aromatic heterocycles. The molecule has 2 aliphatic rings. The Morgan fingerprint density at radius 1 is 1.36 bits per heavy atom. The summed E-state index contributed by atoms with van der Waals surface area (Å²) in [7, 11) is 0. The van der Waals surface area contributed by atoms with Crippen molar-refractivity contribution in [1.29, 1.82) is 0 Å². The molecule has 1 aromatic carbocycles. The highest BCUT2D eigenvalue weighted by atomic mass is 19.1. The van der Waals surface area contributed by atoms with Gasteiger partial charge in [0, 0.05) is 17.9 Å². The van der Waals surface area contributed by atoms with Gasteiger partial charge in [-0.3, -0.25) is 4.79 Å². The maximum Gasteiger partial charge on any atom is 0.222 e. The fourth-order valence-corrected chi connectivity index (χ4v) is 3.69. The van der Waals surface area contributed by atoms with Crippen LogP contribution in [-0.2, 0) is 9.53 Å². The van der Waals surface area contributed by atoms with Crippen LogP contribution in [0.15, 0.2) is 24.3 Å². The lowest BCUT2D eigenvalue weighted by Crippen LogP contribution is -2.49. The average molecular weight is 305 g/mol. The van der Waals surface area contributed by atoms with Gasteiger partial charge in [-0.2, -0.15) is 0 Å². The Bertz CT molecular complexity index is 546. The smallest absolute Gasteiger partial charge is 0.222 e. The maximum atomic E-state index is 13.5. The van der Waals surface area contributed by atoms with E-state index in [4.69, 9.17) is 4.74 Å². The Morgan fingerprint density at radius 3 is 2.91 bits per heavy atom. The fraction of sp³-hybridized carbons (Fsp3) is 0.611. The van der Waals surface area contributed by atoms with Gasteiger partial charge in [0.1, 0.15) is 5.82 Å². The van der Waals surface area contributed by atoms with Gasteiger partial charge in [-0.1, -0.05) is 32.4 Å². The Balaban J connectivity index is 1.78. The van der Waals surface area contributed by atoms with E-state index in [0.717, 1.165) is 31.2 Å². The first-order valence-electron chi connectivity index (χ1n) is 8.26. The highest BCUT2D eigenvalue weighted by Crippen LogP contribution is 2.42. The van der Waals surface area contributed by atoms with Crippen molar-refractivity contribution in [3.8, 4) is 0 Å². The van der Waals surface area contributed by atoms with E-state index in [1.807, 2.05) is 19.9 Å². The van der Waals surface area contributed by atoms with Crippen LogP contribution in [0.3, 0.4) is 0 Å². The first kappa shape index (κ1) is 15.5. The number of rotatable bonds is 3. The number of hydrogen-bond acceptors (Lipinski definition) is 2. The minimum atomic E-state index is -0.239. The minimum absolute atomic E-state index is 0.0182. The monoisotopic (exact) mass is 305 g/mol. The van der Waals surface area contributed by atoms with Crippen LogP contribution in [0.4, 0.5) is 4.39 Å². The van der Waals surface area contributed by atoms with Crippen LogP contribution in [0.1, 0.15) is 51.2 Å². The SMILES string of the molecule is CC(C)C(=O)N[C@@H]1C[C@H](c2cccc(F)c2)O[C@@H]2CCC[C@@H]12. The molecule has 1 aliphatic heterocycles. The van der Waals surface area contributed by atoms with Gasteiger partial charge in [-0.05, 0) is 37.0 Å². The second kappa shape index (κ2) is 6.37. The Kier molecular flexibility index (Phi) is 4.48. The molecule has 1 aliphatic carbocycles. The summed E-state index contributed by atoms with van der Waals surface area (Å²) in [5.41, 5.74) is 0.870. The average Bonchev–Trinajstić information content (AvgIpc) is 2.95. The molecule has 1 saturated carbocycles. The van der Waals surface area contributed by atoms with Gasteiger partial charge >= 0.3 is 0 Å². The van der Waals surface area contributed by atoms with Crippen molar-refractivity contribution in [3.05, 3.63) is 35.6 Å². The Hall–Kier alpha value is -1.42. The van der Waals surface area contributed by atoms with Gasteiger partial charge in [-0.25, -0.2) is 4.39 Å². The minimum Gasteiger partial charge on any atom is -0.370 e. The molecule has 120 valence electrons. The fourth-order valence-electron chi connectivity index (χ4n) is 3.69. The lowest BCUT2D eigenvalue weighted by atomic mass is 9.86. The van der Waals surface area contributed by atoms with E-state index in [1.165, 1.54) is 6.07 Å². The predicted octanol–water partition coefficient (Wildman–Crippen LogP) is 3.60. The van der Waals surface area contributed by atoms with Crippen LogP contribution in [-0.4, -0.2) is 18.1 Å². The van der Waals surface area contributed by atoms with Crippen molar-refractivity contribution in [2.75, 3.05) is 0 Å². The van der Waals surface area contributed by atoms with Crippen LogP contribution in [0.5, 0.6) is 0 Å². The largest absolute Gasteiger partial charge is 0.370 e. The van der Waals surface area contributed by atoms with Gasteiger partial charge in [0.2, 0.25) is 5.91 Å². The van der Waals surface area contributed by atoms with E-state index in [2.05, 4.69) is 5.32 Å². The van der Waals surface area contributed by atoms with Crippen LogP contribution in [0.2, 0.25) is 0 Å². The summed E-state index contributed by atoms with van der Waals surface area (Å²) >= 11 is 0. The van der Waals surface area contributed by atoms with Crippen molar-refractivity contribution < 1.29 is 13.9 Å². The molecule has 4 atom stereocenters. The number of carbonyl (C=O) groups is 1. The predicted molar refractivity (Wildman–Crippen MR) is 82.7 cm³/mol. The molecule has 0 radical (unpaired) electrons. The number of hydrogen-bond donors (Lipinski definition) is 1. The Morgan fingerprint density at radius 2 is 2.18 bits per heavy atom. The van der Waals surface area contributed by atoms with Crippen molar-refractivity contribution in [3.63, 3.8) is 0 Å². The molecule has 22 heavy (non-hydrogen) atoms. The standard InChI is InChI=1S/C18H24FNO2/c1-11(2)18(21)20-15-10-17(12-5-3-6-13(19)9-12)22-16-8-4-7-14(15)16/h3,5-6,9,11,14-17H,4,7-8,10H2,1-2H3,(H,20,21)/t14-,15+,16+,17+/m0/s1. The van der Waals surface area contributed by atoms with Gasteiger partial charge in [0.25, 0.3) is 0 Å². The molecule has 1 aromatic rings. The molecule has 0 bridgehead atoms. The van der Waals surface area contributed by atoms with Gasteiger partial charge < -0.3 is 10.1 Å². The van der Waals surface area contributed by atoms with Crippen molar-refractivity contribution in [2.24, 2.45) is 11.8 Å². The number of fused-ring (bicyclic) bond motifs is 1. The molecule has 1 heterocycles. The molecule has 2 fully saturated rings. The molecule has 4 heteroatoms. The zero-order valence-electron chi connectivity index (χ0n) is 13.2. The summed E-state index contributed by atoms with van der Waals surface area (Å²) in [5, 5.41) is 3.19. The third kappa shape index (κ3) is 3.17. The first-order valence-corrected chi connectivity index (χ1v) is 8.26. The second-order valence-electron chi connectivity index (χ2n) is 6.82. The normalized spacial score (nSPS) is 31.1. The van der Waals surface area contributed by atoms with E-state index in [9.17, 15) is 9.18 Å². The highest BCUT2D eigenvalue weighted by Gasteiger charge is 2.42. The summed E-state index contributed by atoms with van der Waals surface area (Å²) in [6, 6.07) is 6.74. The van der Waals surface area contributed by atoms with E-state index >= 15 is 0 Å². The van der Waals surface area contributed by atoms with Crippen LogP contribution in [0.25, 0.3) is 0 Å². The van der Waals surface area contributed by atoms with Gasteiger partial charge in [0.05, 0.1) is 12.2 Å². The molecule has 1 amide bonds. The number of nitrogens with one attached hydrogen (secondary N) is 1. The van der Waals surface area contributed by atoms with Crippen molar-refractivity contribution >= 4 is 5.91 Å². The van der Waals surface area contributed by atoms with Gasteiger partial charge in [0.15, 0.2) is 0 Å². The van der Waals surface area contributed by atoms with Crippen LogP contribution >= 0.6 is 0 Å². The van der Waals surface area contributed by atoms with Gasteiger partial charge in [-0.15, -0.1) is 0 Å². The number of carbonyl (C=O) groups excluding carboxylic acids is 1. The topological polar surface area (TPSA) is 38.3 Å². The lowest BCUT2D eigenvalue weighted by Gasteiger charge is -2.39. The third-order valence-electron chi connectivity index (χ3n) is 4.90. The summed E-state index contributed by atoms with van der Waals surface area (Å²) in [6.07, 6.45) is 4.04. The molecular weight excluding hydrogens is 281 g/mol. The summed E-state index contributed by atoms with van der Waals surface area (Å²) < 4.78 is 19.7. The number of benzene rings is 1. The molecule has 0 spiro atoms. The quantitative estimate of drug-likeness (QED) is 0.926. The Labute approximate surface area is 131 Å². The summed E-state index contributed by atoms with van der Waals surface area (Å²) in [5.74, 6) is 0.232. The van der Waals surface area contributed by atoms with Crippen molar-refractivity contribution in [2.45, 2.75) is 57.8 Å². The molecular formula is C18H24FNO2. The number of amides is 1. The summed E-state index contributed by atoms with van der Waals surface area (Å²) in [6.45, 7) is 3.82.